The van der Waals surface area contributed by atoms with Gasteiger partial charge in [-0.3, -0.25) is 14.4 Å². The lowest BCUT2D eigenvalue weighted by atomic mass is 9.67. The molecule has 2 atom stereocenters. The molecule has 1 saturated carbocycles. The molecule has 8 heteroatoms. The van der Waals surface area contributed by atoms with Gasteiger partial charge in [0.2, 0.25) is 11.8 Å². The maximum atomic E-state index is 12.9. The summed E-state index contributed by atoms with van der Waals surface area (Å²) in [4.78, 5) is 38.5. The number of nitrogens with zero attached hydrogens (tertiary/aromatic N) is 1. The SMILES string of the molecule is Cl.O=C1CN(C(=O)c2ccc(CNC(=O)[C@@]34CCCC[C@H]3CNC4)cc2)CCN1. The molecule has 1 aromatic rings. The van der Waals surface area contributed by atoms with Gasteiger partial charge in [0.15, 0.2) is 0 Å². The van der Waals surface area contributed by atoms with E-state index in [1.807, 2.05) is 12.1 Å². The van der Waals surface area contributed by atoms with E-state index >= 15 is 0 Å². The molecule has 4 rings (SSSR count). The molecule has 7 nitrogen and oxygen atoms in total. The molecule has 1 aromatic carbocycles. The van der Waals surface area contributed by atoms with Gasteiger partial charge in [0.1, 0.15) is 0 Å². The number of hydrogen-bond donors (Lipinski definition) is 3. The van der Waals surface area contributed by atoms with E-state index in [1.54, 1.807) is 17.0 Å². The van der Waals surface area contributed by atoms with E-state index in [0.29, 0.717) is 31.1 Å². The second-order valence-electron chi connectivity index (χ2n) is 8.19. The van der Waals surface area contributed by atoms with Crippen molar-refractivity contribution >= 4 is 30.1 Å². The molecule has 3 fully saturated rings. The van der Waals surface area contributed by atoms with Gasteiger partial charge in [-0.05, 0) is 43.0 Å². The molecule has 3 N–H and O–H groups in total. The Morgan fingerprint density at radius 2 is 2.00 bits per heavy atom. The number of halogens is 1. The van der Waals surface area contributed by atoms with Crippen LogP contribution in [0.15, 0.2) is 24.3 Å². The number of fused-ring (bicyclic) bond motifs is 1. The lowest BCUT2D eigenvalue weighted by molar-refractivity contribution is -0.134. The Balaban J connectivity index is 0.00000240. The van der Waals surface area contributed by atoms with Crippen molar-refractivity contribution in [1.29, 1.82) is 0 Å². The fourth-order valence-corrected chi connectivity index (χ4v) is 4.81. The third-order valence-corrected chi connectivity index (χ3v) is 6.47. The Hall–Kier alpha value is -2.12. The number of rotatable bonds is 4. The third kappa shape index (κ3) is 4.41. The fourth-order valence-electron chi connectivity index (χ4n) is 4.81. The van der Waals surface area contributed by atoms with E-state index in [0.717, 1.165) is 37.9 Å². The van der Waals surface area contributed by atoms with Crippen LogP contribution in [0.5, 0.6) is 0 Å². The van der Waals surface area contributed by atoms with Crippen molar-refractivity contribution in [2.45, 2.75) is 32.2 Å². The van der Waals surface area contributed by atoms with Gasteiger partial charge in [-0.25, -0.2) is 0 Å². The van der Waals surface area contributed by atoms with Gasteiger partial charge in [0.05, 0.1) is 12.0 Å². The first-order chi connectivity index (χ1) is 13.6. The summed E-state index contributed by atoms with van der Waals surface area (Å²) in [6, 6.07) is 7.30. The minimum absolute atomic E-state index is 0. The van der Waals surface area contributed by atoms with Crippen LogP contribution in [-0.4, -0.2) is 55.3 Å². The van der Waals surface area contributed by atoms with Gasteiger partial charge < -0.3 is 20.9 Å². The average molecular weight is 421 g/mol. The molecule has 0 aromatic heterocycles. The molecule has 2 heterocycles. The largest absolute Gasteiger partial charge is 0.353 e. The summed E-state index contributed by atoms with van der Waals surface area (Å²) in [5.41, 5.74) is 1.29. The molecule has 3 amide bonds. The second kappa shape index (κ2) is 9.13. The predicted molar refractivity (Wildman–Crippen MR) is 112 cm³/mol. The van der Waals surface area contributed by atoms with E-state index in [4.69, 9.17) is 0 Å². The molecule has 1 aliphatic carbocycles. The summed E-state index contributed by atoms with van der Waals surface area (Å²) in [7, 11) is 0. The zero-order valence-corrected chi connectivity index (χ0v) is 17.4. The van der Waals surface area contributed by atoms with Gasteiger partial charge in [0, 0.05) is 31.7 Å². The number of carbonyl (C=O) groups excluding carboxylic acids is 3. The maximum absolute atomic E-state index is 12.9. The van der Waals surface area contributed by atoms with Crippen LogP contribution in [0.1, 0.15) is 41.6 Å². The molecule has 29 heavy (non-hydrogen) atoms. The van der Waals surface area contributed by atoms with Gasteiger partial charge in [-0.2, -0.15) is 0 Å². The Morgan fingerprint density at radius 3 is 2.76 bits per heavy atom. The number of benzene rings is 1. The summed E-state index contributed by atoms with van der Waals surface area (Å²) in [5, 5.41) is 9.25. The zero-order valence-electron chi connectivity index (χ0n) is 16.5. The Kier molecular flexibility index (Phi) is 6.80. The van der Waals surface area contributed by atoms with Crippen molar-refractivity contribution in [2.75, 3.05) is 32.7 Å². The Bertz CT molecular complexity index is 770. The normalized spacial score (nSPS) is 26.1. The summed E-state index contributed by atoms with van der Waals surface area (Å²) >= 11 is 0. The first-order valence-corrected chi connectivity index (χ1v) is 10.2. The van der Waals surface area contributed by atoms with E-state index in [2.05, 4.69) is 16.0 Å². The summed E-state index contributed by atoms with van der Waals surface area (Å²) < 4.78 is 0. The second-order valence-corrected chi connectivity index (χ2v) is 8.19. The average Bonchev–Trinajstić information content (AvgIpc) is 3.17. The summed E-state index contributed by atoms with van der Waals surface area (Å²) in [6.07, 6.45) is 4.44. The molecule has 0 spiro atoms. The first kappa shape index (κ1) is 21.6. The first-order valence-electron chi connectivity index (χ1n) is 10.2. The highest BCUT2D eigenvalue weighted by Crippen LogP contribution is 2.43. The van der Waals surface area contributed by atoms with Crippen molar-refractivity contribution in [2.24, 2.45) is 11.3 Å². The third-order valence-electron chi connectivity index (χ3n) is 6.47. The minimum atomic E-state index is -0.247. The fraction of sp³-hybridized carbons (Fsp3) is 0.571. The minimum Gasteiger partial charge on any atom is -0.353 e. The number of nitrogens with one attached hydrogen (secondary N) is 3. The van der Waals surface area contributed by atoms with Crippen LogP contribution < -0.4 is 16.0 Å². The van der Waals surface area contributed by atoms with Gasteiger partial charge in [0.25, 0.3) is 5.91 Å². The lowest BCUT2D eigenvalue weighted by Crippen LogP contribution is -2.49. The van der Waals surface area contributed by atoms with Crippen LogP contribution in [-0.2, 0) is 16.1 Å². The predicted octanol–water partition coefficient (Wildman–Crippen LogP) is 1.08. The Morgan fingerprint density at radius 1 is 1.21 bits per heavy atom. The van der Waals surface area contributed by atoms with Crippen LogP contribution in [0, 0.1) is 11.3 Å². The van der Waals surface area contributed by atoms with Crippen molar-refractivity contribution in [3.8, 4) is 0 Å². The summed E-state index contributed by atoms with van der Waals surface area (Å²) in [6.45, 7) is 3.31. The zero-order chi connectivity index (χ0) is 19.6. The quantitative estimate of drug-likeness (QED) is 0.679. The molecule has 158 valence electrons. The van der Waals surface area contributed by atoms with Gasteiger partial charge in [-0.15, -0.1) is 12.4 Å². The van der Waals surface area contributed by atoms with Crippen molar-refractivity contribution in [1.82, 2.24) is 20.9 Å². The van der Waals surface area contributed by atoms with Crippen LogP contribution in [0.25, 0.3) is 0 Å². The van der Waals surface area contributed by atoms with Crippen LogP contribution in [0.3, 0.4) is 0 Å². The van der Waals surface area contributed by atoms with Crippen LogP contribution >= 0.6 is 12.4 Å². The molecule has 0 radical (unpaired) electrons. The van der Waals surface area contributed by atoms with E-state index in [9.17, 15) is 14.4 Å². The lowest BCUT2D eigenvalue weighted by Gasteiger charge is -2.37. The van der Waals surface area contributed by atoms with Crippen LogP contribution in [0.2, 0.25) is 0 Å². The van der Waals surface area contributed by atoms with E-state index in [-0.39, 0.29) is 42.1 Å². The standard InChI is InChI=1S/C21H28N4O3.ClH/c26-18-13-25(10-9-23-18)19(27)16-6-4-15(5-7-16)11-24-20(28)21-8-2-1-3-17(21)12-22-14-21;/h4-7,17,22H,1-3,8-14H2,(H,23,26)(H,24,28);1H/t17-,21+;/m0./s1. The number of piperazine rings is 1. The Labute approximate surface area is 177 Å². The highest BCUT2D eigenvalue weighted by molar-refractivity contribution is 5.97. The number of hydrogen-bond acceptors (Lipinski definition) is 4. The van der Waals surface area contributed by atoms with Crippen molar-refractivity contribution in [3.05, 3.63) is 35.4 Å². The monoisotopic (exact) mass is 420 g/mol. The highest BCUT2D eigenvalue weighted by Gasteiger charge is 2.49. The maximum Gasteiger partial charge on any atom is 0.254 e. The molecule has 0 unspecified atom stereocenters. The number of carbonyl (C=O) groups is 3. The van der Waals surface area contributed by atoms with Gasteiger partial charge in [-0.1, -0.05) is 25.0 Å². The van der Waals surface area contributed by atoms with Crippen LogP contribution in [0.4, 0.5) is 0 Å². The van der Waals surface area contributed by atoms with Crippen molar-refractivity contribution < 1.29 is 14.4 Å². The highest BCUT2D eigenvalue weighted by atomic mass is 35.5. The van der Waals surface area contributed by atoms with Gasteiger partial charge >= 0.3 is 0 Å². The molecular weight excluding hydrogens is 392 g/mol. The smallest absolute Gasteiger partial charge is 0.254 e. The summed E-state index contributed by atoms with van der Waals surface area (Å²) in [5.74, 6) is 0.344. The number of amides is 3. The topological polar surface area (TPSA) is 90.5 Å². The molecule has 0 bridgehead atoms. The van der Waals surface area contributed by atoms with Crippen molar-refractivity contribution in [3.63, 3.8) is 0 Å². The van der Waals surface area contributed by atoms with E-state index < -0.39 is 0 Å². The molecular formula is C21H29ClN4O3. The molecule has 2 saturated heterocycles. The molecule has 3 aliphatic rings. The molecule has 2 aliphatic heterocycles. The van der Waals surface area contributed by atoms with E-state index in [1.165, 1.54) is 6.42 Å².